The summed E-state index contributed by atoms with van der Waals surface area (Å²) < 4.78 is 19.5. The molecule has 1 aromatic carbocycles. The lowest BCUT2D eigenvalue weighted by Crippen LogP contribution is -2.37. The number of benzene rings is 1. The van der Waals surface area contributed by atoms with Crippen molar-refractivity contribution in [1.29, 1.82) is 0 Å². The molecule has 1 atom stereocenters. The molecule has 2 heterocycles. The molecule has 0 saturated carbocycles. The van der Waals surface area contributed by atoms with Crippen molar-refractivity contribution in [3.63, 3.8) is 0 Å². The largest absolute Gasteiger partial charge is 0.377 e. The summed E-state index contributed by atoms with van der Waals surface area (Å²) in [6, 6.07) is 8.25. The van der Waals surface area contributed by atoms with Gasteiger partial charge in [0, 0.05) is 29.6 Å². The van der Waals surface area contributed by atoms with Crippen LogP contribution >= 0.6 is 22.9 Å². The number of anilines is 1. The van der Waals surface area contributed by atoms with Crippen molar-refractivity contribution in [3.05, 3.63) is 51.4 Å². The van der Waals surface area contributed by atoms with Crippen LogP contribution in [0.1, 0.15) is 17.7 Å². The van der Waals surface area contributed by atoms with Crippen LogP contribution in [0.3, 0.4) is 0 Å². The van der Waals surface area contributed by atoms with Crippen LogP contribution in [0.2, 0.25) is 5.02 Å². The molecule has 1 aliphatic heterocycles. The smallest absolute Gasteiger partial charge is 0.238 e. The molecular weight excluding hydrogens is 363 g/mol. The molecule has 0 unspecified atom stereocenters. The minimum Gasteiger partial charge on any atom is -0.377 e. The van der Waals surface area contributed by atoms with Gasteiger partial charge in [0.05, 0.1) is 18.3 Å². The average Bonchev–Trinajstić information content (AvgIpc) is 3.24. The molecule has 0 aliphatic carbocycles. The van der Waals surface area contributed by atoms with Crippen molar-refractivity contribution in [1.82, 2.24) is 4.90 Å². The van der Waals surface area contributed by atoms with Gasteiger partial charge in [-0.1, -0.05) is 17.7 Å². The number of amides is 1. The van der Waals surface area contributed by atoms with E-state index in [1.165, 1.54) is 17.0 Å². The summed E-state index contributed by atoms with van der Waals surface area (Å²) in [5.74, 6) is -0.791. The van der Waals surface area contributed by atoms with Gasteiger partial charge < -0.3 is 10.1 Å². The van der Waals surface area contributed by atoms with Gasteiger partial charge in [-0.05, 0) is 42.5 Å². The van der Waals surface area contributed by atoms with E-state index < -0.39 is 5.82 Å². The number of hydrogen-bond acceptors (Lipinski definition) is 4. The number of halogens is 2. The number of carbonyl (C=O) groups is 1. The zero-order valence-corrected chi connectivity index (χ0v) is 15.3. The highest BCUT2D eigenvalue weighted by molar-refractivity contribution is 7.09. The Hall–Kier alpha value is -1.47. The molecule has 1 aliphatic rings. The van der Waals surface area contributed by atoms with Gasteiger partial charge in [0.25, 0.3) is 0 Å². The zero-order valence-electron chi connectivity index (χ0n) is 13.7. The fourth-order valence-corrected chi connectivity index (χ4v) is 3.77. The third kappa shape index (κ3) is 5.51. The Kier molecular flexibility index (Phi) is 6.42. The summed E-state index contributed by atoms with van der Waals surface area (Å²) in [5.41, 5.74) is 0.141. The van der Waals surface area contributed by atoms with E-state index in [4.69, 9.17) is 16.3 Å². The van der Waals surface area contributed by atoms with Crippen LogP contribution in [-0.2, 0) is 16.1 Å². The maximum absolute atomic E-state index is 13.8. The molecule has 1 fully saturated rings. The van der Waals surface area contributed by atoms with Gasteiger partial charge >= 0.3 is 0 Å². The third-order valence-electron chi connectivity index (χ3n) is 4.02. The van der Waals surface area contributed by atoms with Crippen LogP contribution in [0.15, 0.2) is 35.7 Å². The van der Waals surface area contributed by atoms with Gasteiger partial charge in [-0.3, -0.25) is 9.69 Å². The molecule has 1 N–H and O–H groups in total. The predicted octanol–water partition coefficient (Wildman–Crippen LogP) is 4.16. The summed E-state index contributed by atoms with van der Waals surface area (Å²) in [5, 5.41) is 4.94. The van der Waals surface area contributed by atoms with E-state index in [2.05, 4.69) is 5.32 Å². The summed E-state index contributed by atoms with van der Waals surface area (Å²) >= 11 is 7.39. The highest BCUT2D eigenvalue weighted by atomic mass is 35.5. The standard InChI is InChI=1S/C18H20ClFN2O2S/c19-13-5-6-17(16(20)9-13)21-18(23)12-22(10-14-3-1-7-24-14)11-15-4-2-8-25-15/h2,4-6,8-9,14H,1,3,7,10-12H2,(H,21,23)/t14-/m1/s1. The highest BCUT2D eigenvalue weighted by Crippen LogP contribution is 2.20. The van der Waals surface area contributed by atoms with Gasteiger partial charge in [-0.15, -0.1) is 11.3 Å². The first-order chi connectivity index (χ1) is 12.1. The molecule has 1 amide bonds. The van der Waals surface area contributed by atoms with Gasteiger partial charge in [0.2, 0.25) is 5.91 Å². The first-order valence-electron chi connectivity index (χ1n) is 8.21. The van der Waals surface area contributed by atoms with Crippen LogP contribution in [0, 0.1) is 5.82 Å². The normalized spacial score (nSPS) is 17.2. The van der Waals surface area contributed by atoms with Gasteiger partial charge in [0.15, 0.2) is 0 Å². The molecule has 25 heavy (non-hydrogen) atoms. The lowest BCUT2D eigenvalue weighted by molar-refractivity contribution is -0.117. The molecule has 1 saturated heterocycles. The first kappa shape index (κ1) is 18.3. The van der Waals surface area contributed by atoms with Gasteiger partial charge in [0.1, 0.15) is 5.82 Å². The Morgan fingerprint density at radius 3 is 3.00 bits per heavy atom. The fourth-order valence-electron chi connectivity index (χ4n) is 2.87. The van der Waals surface area contributed by atoms with Gasteiger partial charge in [-0.25, -0.2) is 4.39 Å². The van der Waals surface area contributed by atoms with E-state index in [-0.39, 0.29) is 24.2 Å². The Labute approximate surface area is 155 Å². The molecule has 7 heteroatoms. The minimum atomic E-state index is -0.537. The SMILES string of the molecule is O=C(CN(Cc1cccs1)C[C@H]1CCCO1)Nc1ccc(Cl)cc1F. The van der Waals surface area contributed by atoms with Crippen LogP contribution in [0.5, 0.6) is 0 Å². The average molecular weight is 383 g/mol. The maximum atomic E-state index is 13.8. The number of nitrogens with one attached hydrogen (secondary N) is 1. The van der Waals surface area contributed by atoms with Crippen molar-refractivity contribution >= 4 is 34.5 Å². The molecular formula is C18H20ClFN2O2S. The van der Waals surface area contributed by atoms with E-state index in [1.807, 2.05) is 22.4 Å². The molecule has 0 radical (unpaired) electrons. The second-order valence-electron chi connectivity index (χ2n) is 6.06. The molecule has 134 valence electrons. The first-order valence-corrected chi connectivity index (χ1v) is 9.47. The topological polar surface area (TPSA) is 41.6 Å². The number of carbonyl (C=O) groups excluding carboxylic acids is 1. The Morgan fingerprint density at radius 2 is 2.32 bits per heavy atom. The zero-order chi connectivity index (χ0) is 17.6. The molecule has 0 bridgehead atoms. The van der Waals surface area contributed by atoms with E-state index in [9.17, 15) is 9.18 Å². The van der Waals surface area contributed by atoms with E-state index >= 15 is 0 Å². The number of ether oxygens (including phenoxy) is 1. The van der Waals surface area contributed by atoms with Crippen molar-refractivity contribution in [2.24, 2.45) is 0 Å². The quantitative estimate of drug-likeness (QED) is 0.781. The van der Waals surface area contributed by atoms with Crippen molar-refractivity contribution in [2.75, 3.05) is 25.0 Å². The van der Waals surface area contributed by atoms with Crippen LogP contribution in [0.4, 0.5) is 10.1 Å². The molecule has 2 aromatic rings. The molecule has 0 spiro atoms. The lowest BCUT2D eigenvalue weighted by Gasteiger charge is -2.24. The van der Waals surface area contributed by atoms with E-state index in [1.54, 1.807) is 17.4 Å². The second-order valence-corrected chi connectivity index (χ2v) is 7.53. The minimum absolute atomic E-state index is 0.141. The monoisotopic (exact) mass is 382 g/mol. The number of hydrogen-bond donors (Lipinski definition) is 1. The van der Waals surface area contributed by atoms with E-state index in [0.29, 0.717) is 18.1 Å². The third-order valence-corrected chi connectivity index (χ3v) is 5.11. The maximum Gasteiger partial charge on any atom is 0.238 e. The van der Waals surface area contributed by atoms with Crippen LogP contribution < -0.4 is 5.32 Å². The second kappa shape index (κ2) is 8.76. The summed E-state index contributed by atoms with van der Waals surface area (Å²) in [6.45, 7) is 2.32. The summed E-state index contributed by atoms with van der Waals surface area (Å²) in [6.07, 6.45) is 2.22. The van der Waals surface area contributed by atoms with Crippen molar-refractivity contribution in [2.45, 2.75) is 25.5 Å². The Balaban J connectivity index is 1.62. The fraction of sp³-hybridized carbons (Fsp3) is 0.389. The van der Waals surface area contributed by atoms with Crippen LogP contribution in [-0.4, -0.2) is 36.6 Å². The summed E-state index contributed by atoms with van der Waals surface area (Å²) in [7, 11) is 0. The van der Waals surface area contributed by atoms with E-state index in [0.717, 1.165) is 19.4 Å². The van der Waals surface area contributed by atoms with Crippen LogP contribution in [0.25, 0.3) is 0 Å². The lowest BCUT2D eigenvalue weighted by atomic mass is 10.2. The molecule has 4 nitrogen and oxygen atoms in total. The number of thiophene rings is 1. The van der Waals surface area contributed by atoms with Crippen molar-refractivity contribution in [3.8, 4) is 0 Å². The Morgan fingerprint density at radius 1 is 1.44 bits per heavy atom. The Bertz CT molecular complexity index is 705. The number of nitrogens with zero attached hydrogens (tertiary/aromatic N) is 1. The van der Waals surface area contributed by atoms with Crippen molar-refractivity contribution < 1.29 is 13.9 Å². The van der Waals surface area contributed by atoms with Gasteiger partial charge in [-0.2, -0.15) is 0 Å². The summed E-state index contributed by atoms with van der Waals surface area (Å²) in [4.78, 5) is 15.6. The number of rotatable bonds is 7. The molecule has 3 rings (SSSR count). The highest BCUT2D eigenvalue weighted by Gasteiger charge is 2.21. The molecule has 1 aromatic heterocycles. The predicted molar refractivity (Wildman–Crippen MR) is 98.6 cm³/mol.